The Morgan fingerprint density at radius 2 is 2.14 bits per heavy atom. The van der Waals surface area contributed by atoms with Gasteiger partial charge in [-0.2, -0.15) is 0 Å². The molecular formula is C17H24N2O2. The highest BCUT2D eigenvalue weighted by atomic mass is 16.5. The Bertz CT molecular complexity index is 494. The van der Waals surface area contributed by atoms with Crippen molar-refractivity contribution in [3.05, 3.63) is 42.5 Å². The summed E-state index contributed by atoms with van der Waals surface area (Å²) in [5.74, 6) is -0.0753. The minimum absolute atomic E-state index is 0.0690. The third-order valence-electron chi connectivity index (χ3n) is 3.62. The topological polar surface area (TPSA) is 50.4 Å². The molecule has 1 aromatic carbocycles. The number of rotatable bonds is 5. The lowest BCUT2D eigenvalue weighted by molar-refractivity contribution is -0.0553. The number of benzene rings is 1. The Balaban J connectivity index is 1.93. The highest BCUT2D eigenvalue weighted by molar-refractivity contribution is 5.94. The van der Waals surface area contributed by atoms with E-state index in [0.717, 1.165) is 25.1 Å². The molecule has 0 radical (unpaired) electrons. The standard InChI is InChI=1S/C17H24N2O2/c1-4-10-18-16(20)13-5-7-14(8-6-13)19-15-9-11-21-17(2,3)12-15/h4-8,15,19H,1,9-12H2,2-3H3,(H,18,20). The molecular weight excluding hydrogens is 264 g/mol. The number of hydrogen-bond donors (Lipinski definition) is 2. The van der Waals surface area contributed by atoms with E-state index in [9.17, 15) is 4.79 Å². The second-order valence-corrected chi connectivity index (χ2v) is 6.02. The lowest BCUT2D eigenvalue weighted by Gasteiger charge is -2.36. The van der Waals surface area contributed by atoms with Crippen LogP contribution in [0.15, 0.2) is 36.9 Å². The van der Waals surface area contributed by atoms with E-state index in [1.165, 1.54) is 0 Å². The van der Waals surface area contributed by atoms with Gasteiger partial charge in [0.1, 0.15) is 0 Å². The summed E-state index contributed by atoms with van der Waals surface area (Å²) in [6, 6.07) is 7.99. The van der Waals surface area contributed by atoms with Crippen LogP contribution in [0.5, 0.6) is 0 Å². The first kappa shape index (κ1) is 15.6. The van der Waals surface area contributed by atoms with E-state index in [0.29, 0.717) is 18.2 Å². The molecule has 0 saturated carbocycles. The van der Waals surface area contributed by atoms with Crippen molar-refractivity contribution in [1.29, 1.82) is 0 Å². The number of anilines is 1. The molecule has 0 aromatic heterocycles. The minimum Gasteiger partial charge on any atom is -0.382 e. The molecule has 1 unspecified atom stereocenters. The number of nitrogens with one attached hydrogen (secondary N) is 2. The first-order valence-corrected chi connectivity index (χ1v) is 7.40. The van der Waals surface area contributed by atoms with Crippen molar-refractivity contribution in [3.8, 4) is 0 Å². The van der Waals surface area contributed by atoms with E-state index in [4.69, 9.17) is 4.74 Å². The molecule has 4 nitrogen and oxygen atoms in total. The van der Waals surface area contributed by atoms with Gasteiger partial charge in [0, 0.05) is 30.4 Å². The molecule has 1 heterocycles. The Morgan fingerprint density at radius 3 is 2.76 bits per heavy atom. The predicted octanol–water partition coefficient (Wildman–Crippen LogP) is 2.97. The monoisotopic (exact) mass is 288 g/mol. The Kier molecular flexibility index (Phi) is 5.02. The fraction of sp³-hybridized carbons (Fsp3) is 0.471. The van der Waals surface area contributed by atoms with Gasteiger partial charge in [-0.05, 0) is 51.0 Å². The fourth-order valence-corrected chi connectivity index (χ4v) is 2.58. The third kappa shape index (κ3) is 4.60. The van der Waals surface area contributed by atoms with Crippen molar-refractivity contribution in [2.75, 3.05) is 18.5 Å². The zero-order valence-electron chi connectivity index (χ0n) is 12.8. The maximum absolute atomic E-state index is 11.8. The van der Waals surface area contributed by atoms with Crippen LogP contribution in [0.2, 0.25) is 0 Å². The number of carbonyl (C=O) groups is 1. The molecule has 114 valence electrons. The van der Waals surface area contributed by atoms with Crippen LogP contribution in [0, 0.1) is 0 Å². The Hall–Kier alpha value is -1.81. The van der Waals surface area contributed by atoms with E-state index in [2.05, 4.69) is 31.1 Å². The van der Waals surface area contributed by atoms with E-state index in [1.807, 2.05) is 24.3 Å². The van der Waals surface area contributed by atoms with Gasteiger partial charge in [-0.3, -0.25) is 4.79 Å². The van der Waals surface area contributed by atoms with Crippen LogP contribution in [0.1, 0.15) is 37.0 Å². The molecule has 1 aromatic rings. The van der Waals surface area contributed by atoms with E-state index < -0.39 is 0 Å². The molecule has 1 amide bonds. The molecule has 1 aliphatic rings. The molecule has 1 atom stereocenters. The molecule has 21 heavy (non-hydrogen) atoms. The number of hydrogen-bond acceptors (Lipinski definition) is 3. The summed E-state index contributed by atoms with van der Waals surface area (Å²) >= 11 is 0. The maximum atomic E-state index is 11.8. The van der Waals surface area contributed by atoms with Crippen LogP contribution in [0.4, 0.5) is 5.69 Å². The first-order valence-electron chi connectivity index (χ1n) is 7.40. The van der Waals surface area contributed by atoms with Crippen LogP contribution in [0.25, 0.3) is 0 Å². The average molecular weight is 288 g/mol. The third-order valence-corrected chi connectivity index (χ3v) is 3.62. The second kappa shape index (κ2) is 6.76. The van der Waals surface area contributed by atoms with Crippen LogP contribution in [-0.2, 0) is 4.74 Å². The van der Waals surface area contributed by atoms with Gasteiger partial charge >= 0.3 is 0 Å². The molecule has 0 spiro atoms. The molecule has 2 rings (SSSR count). The second-order valence-electron chi connectivity index (χ2n) is 6.02. The summed E-state index contributed by atoms with van der Waals surface area (Å²) in [5, 5.41) is 6.28. The summed E-state index contributed by atoms with van der Waals surface area (Å²) in [6.45, 7) is 9.09. The van der Waals surface area contributed by atoms with Gasteiger partial charge in [0.15, 0.2) is 0 Å². The van der Waals surface area contributed by atoms with Gasteiger partial charge in [-0.15, -0.1) is 6.58 Å². The molecule has 4 heteroatoms. The largest absolute Gasteiger partial charge is 0.382 e. The van der Waals surface area contributed by atoms with Crippen molar-refractivity contribution in [2.45, 2.75) is 38.3 Å². The molecule has 0 bridgehead atoms. The Labute approximate surface area is 126 Å². The normalized spacial score (nSPS) is 20.6. The highest BCUT2D eigenvalue weighted by Crippen LogP contribution is 2.26. The SMILES string of the molecule is C=CCNC(=O)c1ccc(NC2CCOC(C)(C)C2)cc1. The highest BCUT2D eigenvalue weighted by Gasteiger charge is 2.28. The summed E-state index contributed by atoms with van der Waals surface area (Å²) < 4.78 is 5.72. The molecule has 1 fully saturated rings. The number of carbonyl (C=O) groups excluding carboxylic acids is 1. The van der Waals surface area contributed by atoms with Gasteiger partial charge in [0.2, 0.25) is 0 Å². The van der Waals surface area contributed by atoms with Crippen molar-refractivity contribution in [1.82, 2.24) is 5.32 Å². The molecule has 1 aliphatic heterocycles. The van der Waals surface area contributed by atoms with Crippen molar-refractivity contribution in [2.24, 2.45) is 0 Å². The quantitative estimate of drug-likeness (QED) is 0.819. The van der Waals surface area contributed by atoms with Gasteiger partial charge in [0.25, 0.3) is 5.91 Å². The number of ether oxygens (including phenoxy) is 1. The predicted molar refractivity (Wildman–Crippen MR) is 85.6 cm³/mol. The van der Waals surface area contributed by atoms with Crippen molar-refractivity contribution in [3.63, 3.8) is 0 Å². The summed E-state index contributed by atoms with van der Waals surface area (Å²) in [5.41, 5.74) is 1.63. The molecule has 1 saturated heterocycles. The summed E-state index contributed by atoms with van der Waals surface area (Å²) in [6.07, 6.45) is 3.65. The lowest BCUT2D eigenvalue weighted by Crippen LogP contribution is -2.40. The smallest absolute Gasteiger partial charge is 0.251 e. The van der Waals surface area contributed by atoms with Crippen LogP contribution in [-0.4, -0.2) is 30.7 Å². The van der Waals surface area contributed by atoms with E-state index in [-0.39, 0.29) is 11.5 Å². The van der Waals surface area contributed by atoms with Crippen LogP contribution in [0.3, 0.4) is 0 Å². The van der Waals surface area contributed by atoms with Gasteiger partial charge in [0.05, 0.1) is 5.60 Å². The zero-order chi connectivity index (χ0) is 15.3. The van der Waals surface area contributed by atoms with Crippen LogP contribution < -0.4 is 10.6 Å². The number of amides is 1. The van der Waals surface area contributed by atoms with Gasteiger partial charge in [-0.25, -0.2) is 0 Å². The minimum atomic E-state index is -0.0753. The van der Waals surface area contributed by atoms with Crippen LogP contribution >= 0.6 is 0 Å². The summed E-state index contributed by atoms with van der Waals surface area (Å²) in [7, 11) is 0. The first-order chi connectivity index (χ1) is 10.00. The molecule has 2 N–H and O–H groups in total. The fourth-order valence-electron chi connectivity index (χ4n) is 2.58. The van der Waals surface area contributed by atoms with Crippen molar-refractivity contribution < 1.29 is 9.53 Å². The van der Waals surface area contributed by atoms with E-state index >= 15 is 0 Å². The maximum Gasteiger partial charge on any atom is 0.251 e. The van der Waals surface area contributed by atoms with Crippen molar-refractivity contribution >= 4 is 11.6 Å². The zero-order valence-corrected chi connectivity index (χ0v) is 12.8. The van der Waals surface area contributed by atoms with Gasteiger partial charge in [-0.1, -0.05) is 6.08 Å². The Morgan fingerprint density at radius 1 is 1.43 bits per heavy atom. The lowest BCUT2D eigenvalue weighted by atomic mass is 9.94. The average Bonchev–Trinajstić information content (AvgIpc) is 2.44. The molecule has 0 aliphatic carbocycles. The van der Waals surface area contributed by atoms with Gasteiger partial charge < -0.3 is 15.4 Å². The van der Waals surface area contributed by atoms with E-state index in [1.54, 1.807) is 6.08 Å². The summed E-state index contributed by atoms with van der Waals surface area (Å²) in [4.78, 5) is 11.8.